The van der Waals surface area contributed by atoms with Gasteiger partial charge in [0.15, 0.2) is 0 Å². The van der Waals surface area contributed by atoms with Gasteiger partial charge in [0.05, 0.1) is 6.54 Å². The van der Waals surface area contributed by atoms with Crippen LogP contribution in [0.2, 0.25) is 0 Å². The van der Waals surface area contributed by atoms with E-state index in [9.17, 15) is 9.59 Å². The number of carbonyl (C=O) groups excluding carboxylic acids is 1. The molecule has 0 aliphatic carbocycles. The van der Waals surface area contributed by atoms with Gasteiger partial charge in [-0.1, -0.05) is 6.92 Å². The Bertz CT molecular complexity index is 233. The Labute approximate surface area is 90.5 Å². The Kier molecular flexibility index (Phi) is 5.28. The van der Waals surface area contributed by atoms with E-state index in [-0.39, 0.29) is 24.5 Å². The van der Waals surface area contributed by atoms with E-state index in [4.69, 9.17) is 5.11 Å². The second kappa shape index (κ2) is 5.70. The Morgan fingerprint density at radius 3 is 2.20 bits per heavy atom. The van der Waals surface area contributed by atoms with Crippen LogP contribution in [0.3, 0.4) is 0 Å². The lowest BCUT2D eigenvalue weighted by Crippen LogP contribution is -2.47. The SMILES string of the molecule is CCN(CC(=O)NCC(=O)O)C(C)(C)C. The van der Waals surface area contributed by atoms with E-state index in [2.05, 4.69) is 5.32 Å². The van der Waals surface area contributed by atoms with Crippen LogP contribution in [0.25, 0.3) is 0 Å². The summed E-state index contributed by atoms with van der Waals surface area (Å²) in [5.74, 6) is -1.28. The lowest BCUT2D eigenvalue weighted by Gasteiger charge is -2.33. The molecule has 1 amide bonds. The number of aliphatic carboxylic acids is 1. The second-order valence-corrected chi connectivity index (χ2v) is 4.36. The third-order valence-corrected chi connectivity index (χ3v) is 2.10. The summed E-state index contributed by atoms with van der Waals surface area (Å²) in [6, 6.07) is 0. The monoisotopic (exact) mass is 216 g/mol. The zero-order valence-corrected chi connectivity index (χ0v) is 9.83. The Morgan fingerprint density at radius 1 is 1.33 bits per heavy atom. The third kappa shape index (κ3) is 6.06. The molecule has 0 saturated carbocycles. The van der Waals surface area contributed by atoms with Gasteiger partial charge in [0, 0.05) is 5.54 Å². The van der Waals surface area contributed by atoms with Crippen molar-refractivity contribution in [1.82, 2.24) is 10.2 Å². The Balaban J connectivity index is 4.08. The van der Waals surface area contributed by atoms with E-state index >= 15 is 0 Å². The number of rotatable bonds is 5. The van der Waals surface area contributed by atoms with Gasteiger partial charge in [0.25, 0.3) is 0 Å². The quantitative estimate of drug-likeness (QED) is 0.694. The van der Waals surface area contributed by atoms with Gasteiger partial charge in [-0.05, 0) is 27.3 Å². The number of amides is 1. The van der Waals surface area contributed by atoms with Gasteiger partial charge in [-0.15, -0.1) is 0 Å². The lowest BCUT2D eigenvalue weighted by atomic mass is 10.1. The molecule has 2 N–H and O–H groups in total. The Morgan fingerprint density at radius 2 is 1.87 bits per heavy atom. The number of carboxylic acid groups (broad SMARTS) is 1. The zero-order chi connectivity index (χ0) is 12.1. The van der Waals surface area contributed by atoms with Crippen molar-refractivity contribution in [2.24, 2.45) is 0 Å². The van der Waals surface area contributed by atoms with E-state index < -0.39 is 5.97 Å². The number of carbonyl (C=O) groups is 2. The molecule has 5 heteroatoms. The molecule has 5 nitrogen and oxygen atoms in total. The summed E-state index contributed by atoms with van der Waals surface area (Å²) < 4.78 is 0. The van der Waals surface area contributed by atoms with Crippen LogP contribution in [0.15, 0.2) is 0 Å². The molecule has 0 aromatic carbocycles. The molecule has 0 aromatic rings. The van der Waals surface area contributed by atoms with Gasteiger partial charge in [-0.2, -0.15) is 0 Å². The summed E-state index contributed by atoms with van der Waals surface area (Å²) in [5, 5.41) is 10.7. The summed E-state index contributed by atoms with van der Waals surface area (Å²) in [4.78, 5) is 23.6. The van der Waals surface area contributed by atoms with E-state index in [1.807, 2.05) is 32.6 Å². The first-order valence-electron chi connectivity index (χ1n) is 5.01. The van der Waals surface area contributed by atoms with Gasteiger partial charge < -0.3 is 10.4 Å². The van der Waals surface area contributed by atoms with Crippen LogP contribution in [0, 0.1) is 0 Å². The van der Waals surface area contributed by atoms with Crippen LogP contribution in [-0.4, -0.2) is 47.1 Å². The summed E-state index contributed by atoms with van der Waals surface area (Å²) in [6.07, 6.45) is 0. The van der Waals surface area contributed by atoms with Crippen LogP contribution in [0.1, 0.15) is 27.7 Å². The molecule has 0 saturated heterocycles. The van der Waals surface area contributed by atoms with Gasteiger partial charge in [0.1, 0.15) is 6.54 Å². The number of carboxylic acids is 1. The van der Waals surface area contributed by atoms with Gasteiger partial charge >= 0.3 is 5.97 Å². The molecule has 0 fully saturated rings. The minimum atomic E-state index is -1.03. The number of hydrogen-bond acceptors (Lipinski definition) is 3. The highest BCUT2D eigenvalue weighted by atomic mass is 16.4. The van der Waals surface area contributed by atoms with E-state index in [0.717, 1.165) is 6.54 Å². The predicted molar refractivity (Wildman–Crippen MR) is 57.6 cm³/mol. The molecule has 0 unspecified atom stereocenters. The van der Waals surface area contributed by atoms with Gasteiger partial charge in [-0.3, -0.25) is 14.5 Å². The molecular formula is C10H20N2O3. The maximum absolute atomic E-state index is 11.3. The highest BCUT2D eigenvalue weighted by Gasteiger charge is 2.21. The number of likely N-dealkylation sites (N-methyl/N-ethyl adjacent to an activating group) is 1. The minimum absolute atomic E-state index is 0.0880. The van der Waals surface area contributed by atoms with Crippen molar-refractivity contribution in [2.75, 3.05) is 19.6 Å². The summed E-state index contributed by atoms with van der Waals surface area (Å²) >= 11 is 0. The predicted octanol–water partition coefficient (Wildman–Crippen LogP) is 0.308. The first-order valence-corrected chi connectivity index (χ1v) is 5.01. The van der Waals surface area contributed by atoms with Crippen LogP contribution in [0.5, 0.6) is 0 Å². The second-order valence-electron chi connectivity index (χ2n) is 4.36. The zero-order valence-electron chi connectivity index (χ0n) is 9.83. The third-order valence-electron chi connectivity index (χ3n) is 2.10. The first-order chi connectivity index (χ1) is 6.77. The highest BCUT2D eigenvalue weighted by molar-refractivity contribution is 5.82. The first kappa shape index (κ1) is 13.9. The standard InChI is InChI=1S/C10H20N2O3/c1-5-12(10(2,3)4)7-8(13)11-6-9(14)15/h5-7H2,1-4H3,(H,11,13)(H,14,15). The van der Waals surface area contributed by atoms with Crippen LogP contribution in [0.4, 0.5) is 0 Å². The lowest BCUT2D eigenvalue weighted by molar-refractivity contribution is -0.138. The highest BCUT2D eigenvalue weighted by Crippen LogP contribution is 2.11. The van der Waals surface area contributed by atoms with Gasteiger partial charge in [-0.25, -0.2) is 0 Å². The van der Waals surface area contributed by atoms with Gasteiger partial charge in [0.2, 0.25) is 5.91 Å². The van der Waals surface area contributed by atoms with Crippen LogP contribution >= 0.6 is 0 Å². The summed E-state index contributed by atoms with van der Waals surface area (Å²) in [6.45, 7) is 8.68. The molecule has 0 spiro atoms. The van der Waals surface area contributed by atoms with Crippen molar-refractivity contribution in [2.45, 2.75) is 33.2 Å². The maximum Gasteiger partial charge on any atom is 0.322 e. The number of nitrogens with zero attached hydrogens (tertiary/aromatic N) is 1. The smallest absolute Gasteiger partial charge is 0.322 e. The minimum Gasteiger partial charge on any atom is -0.480 e. The fraction of sp³-hybridized carbons (Fsp3) is 0.800. The summed E-state index contributed by atoms with van der Waals surface area (Å²) in [7, 11) is 0. The van der Waals surface area contributed by atoms with Crippen LogP contribution < -0.4 is 5.32 Å². The molecule has 0 atom stereocenters. The number of hydrogen-bond donors (Lipinski definition) is 2. The Hall–Kier alpha value is -1.10. The van der Waals surface area contributed by atoms with Crippen molar-refractivity contribution in [3.05, 3.63) is 0 Å². The molecule has 0 radical (unpaired) electrons. The largest absolute Gasteiger partial charge is 0.480 e. The molecule has 0 aliphatic heterocycles. The van der Waals surface area contributed by atoms with Crippen molar-refractivity contribution in [1.29, 1.82) is 0 Å². The van der Waals surface area contributed by atoms with Crippen LogP contribution in [-0.2, 0) is 9.59 Å². The molecule has 0 aromatic heterocycles. The molecule has 0 rings (SSSR count). The maximum atomic E-state index is 11.3. The molecule has 88 valence electrons. The van der Waals surface area contributed by atoms with Crippen molar-refractivity contribution < 1.29 is 14.7 Å². The van der Waals surface area contributed by atoms with E-state index in [1.54, 1.807) is 0 Å². The fourth-order valence-corrected chi connectivity index (χ4v) is 1.23. The molecular weight excluding hydrogens is 196 g/mol. The normalized spacial score (nSPS) is 11.5. The van der Waals surface area contributed by atoms with Crippen molar-refractivity contribution in [3.8, 4) is 0 Å². The average molecular weight is 216 g/mol. The average Bonchev–Trinajstić information content (AvgIpc) is 2.08. The fourth-order valence-electron chi connectivity index (χ4n) is 1.23. The molecule has 0 bridgehead atoms. The topological polar surface area (TPSA) is 69.6 Å². The van der Waals surface area contributed by atoms with Crippen molar-refractivity contribution >= 4 is 11.9 Å². The van der Waals surface area contributed by atoms with Crippen molar-refractivity contribution in [3.63, 3.8) is 0 Å². The molecule has 15 heavy (non-hydrogen) atoms. The van der Waals surface area contributed by atoms with E-state index in [0.29, 0.717) is 0 Å². The van der Waals surface area contributed by atoms with E-state index in [1.165, 1.54) is 0 Å². The number of nitrogens with one attached hydrogen (secondary N) is 1. The molecule has 0 aliphatic rings. The molecule has 0 heterocycles. The summed E-state index contributed by atoms with van der Waals surface area (Å²) in [5.41, 5.74) is -0.0880.